The molecule has 5 rings (SSSR count). The topological polar surface area (TPSA) is 95.9 Å². The van der Waals surface area contributed by atoms with E-state index in [0.717, 1.165) is 27.8 Å². The average Bonchev–Trinajstić information content (AvgIpc) is 3.44. The Balaban J connectivity index is 1.26. The maximum Gasteiger partial charge on any atom is 0.407 e. The number of alkyl carbamates (subject to hydrolysis) is 1. The minimum absolute atomic E-state index is 0.0659. The Hall–Kier alpha value is -4.13. The van der Waals surface area contributed by atoms with E-state index in [-0.39, 0.29) is 24.0 Å². The third kappa shape index (κ3) is 4.14. The first-order valence-corrected chi connectivity index (χ1v) is 11.8. The lowest BCUT2D eigenvalue weighted by Gasteiger charge is -2.24. The number of fused-ring (bicyclic) bond motifs is 4. The summed E-state index contributed by atoms with van der Waals surface area (Å²) in [6.07, 6.45) is 0.376. The fourth-order valence-corrected chi connectivity index (χ4v) is 5.05. The van der Waals surface area contributed by atoms with Crippen LogP contribution in [0.15, 0.2) is 66.7 Å². The first kappa shape index (κ1) is 22.7. The number of amides is 2. The molecule has 0 spiro atoms. The molecular weight excluding hydrogens is 444 g/mol. The Morgan fingerprint density at radius 2 is 1.69 bits per heavy atom. The highest BCUT2D eigenvalue weighted by atomic mass is 16.5. The van der Waals surface area contributed by atoms with Gasteiger partial charge in [0, 0.05) is 18.2 Å². The number of rotatable bonds is 6. The molecule has 35 heavy (non-hydrogen) atoms. The van der Waals surface area contributed by atoms with Crippen LogP contribution in [0.3, 0.4) is 0 Å². The van der Waals surface area contributed by atoms with Crippen LogP contribution in [-0.4, -0.2) is 42.3 Å². The van der Waals surface area contributed by atoms with E-state index in [4.69, 9.17) is 4.74 Å². The van der Waals surface area contributed by atoms with E-state index >= 15 is 0 Å². The second-order valence-corrected chi connectivity index (χ2v) is 8.82. The normalized spacial score (nSPS) is 14.6. The molecular formula is C28H26N2O5. The number of carboxylic acids is 1. The highest BCUT2D eigenvalue weighted by Gasteiger charge is 2.32. The third-order valence-electron chi connectivity index (χ3n) is 6.84. The van der Waals surface area contributed by atoms with Gasteiger partial charge >= 0.3 is 12.1 Å². The van der Waals surface area contributed by atoms with Crippen LogP contribution < -0.4 is 10.2 Å². The smallest absolute Gasteiger partial charge is 0.407 e. The molecule has 0 aromatic heterocycles. The van der Waals surface area contributed by atoms with Crippen molar-refractivity contribution in [2.75, 3.05) is 18.1 Å². The quantitative estimate of drug-likeness (QED) is 0.549. The molecule has 1 heterocycles. The van der Waals surface area contributed by atoms with Crippen molar-refractivity contribution in [3.05, 3.63) is 89.0 Å². The van der Waals surface area contributed by atoms with Crippen LogP contribution in [0.2, 0.25) is 0 Å². The molecule has 7 heteroatoms. The zero-order chi connectivity index (χ0) is 24.5. The van der Waals surface area contributed by atoms with E-state index < -0.39 is 18.1 Å². The minimum Gasteiger partial charge on any atom is -0.478 e. The van der Waals surface area contributed by atoms with Gasteiger partial charge in [-0.15, -0.1) is 0 Å². The highest BCUT2D eigenvalue weighted by Crippen LogP contribution is 2.44. The molecule has 0 unspecified atom stereocenters. The predicted octanol–water partition coefficient (Wildman–Crippen LogP) is 4.59. The zero-order valence-electron chi connectivity index (χ0n) is 19.4. The molecule has 2 aliphatic rings. The number of hydrogen-bond donors (Lipinski definition) is 2. The molecule has 1 aliphatic carbocycles. The summed E-state index contributed by atoms with van der Waals surface area (Å²) in [4.78, 5) is 38.9. The number of nitrogens with zero attached hydrogens (tertiary/aromatic N) is 1. The van der Waals surface area contributed by atoms with Gasteiger partial charge in [0.05, 0.1) is 5.56 Å². The van der Waals surface area contributed by atoms with E-state index in [2.05, 4.69) is 29.6 Å². The summed E-state index contributed by atoms with van der Waals surface area (Å²) in [5.74, 6) is -1.39. The number of carbonyl (C=O) groups is 3. The van der Waals surface area contributed by atoms with Crippen LogP contribution >= 0.6 is 0 Å². The maximum atomic E-state index is 13.3. The van der Waals surface area contributed by atoms with Gasteiger partial charge in [0.1, 0.15) is 12.6 Å². The fraction of sp³-hybridized carbons (Fsp3) is 0.250. The molecule has 178 valence electrons. The summed E-state index contributed by atoms with van der Waals surface area (Å²) >= 11 is 0. The van der Waals surface area contributed by atoms with Crippen LogP contribution in [0, 0.1) is 0 Å². The molecule has 3 aromatic carbocycles. The van der Waals surface area contributed by atoms with Gasteiger partial charge in [0.2, 0.25) is 5.91 Å². The average molecular weight is 471 g/mol. The first-order valence-electron chi connectivity index (χ1n) is 11.8. The number of anilines is 1. The van der Waals surface area contributed by atoms with E-state index in [1.165, 1.54) is 6.07 Å². The van der Waals surface area contributed by atoms with Gasteiger partial charge in [-0.25, -0.2) is 9.59 Å². The van der Waals surface area contributed by atoms with Crippen LogP contribution in [0.4, 0.5) is 10.5 Å². The van der Waals surface area contributed by atoms with Crippen LogP contribution in [0.1, 0.15) is 46.3 Å². The lowest BCUT2D eigenvalue weighted by molar-refractivity contribution is -0.120. The Morgan fingerprint density at radius 1 is 1.03 bits per heavy atom. The molecule has 0 bridgehead atoms. The molecule has 2 N–H and O–H groups in total. The summed E-state index contributed by atoms with van der Waals surface area (Å²) in [6.45, 7) is 2.43. The SMILES string of the molecule is CC[C@H](NC(=O)OCC1c2ccccc2-c2ccccc21)C(=O)N1CCc2ccc(C(=O)O)cc21. The number of aromatic carboxylic acids is 1. The lowest BCUT2D eigenvalue weighted by Crippen LogP contribution is -2.48. The summed E-state index contributed by atoms with van der Waals surface area (Å²) < 4.78 is 5.61. The standard InChI is InChI=1S/C28H26N2O5/c1-2-24(26(31)30-14-13-17-11-12-18(27(32)33)15-25(17)30)29-28(34)35-16-23-21-9-5-3-7-19(21)20-8-4-6-10-22(20)23/h3-12,15,23-24H,2,13-14,16H2,1H3,(H,29,34)(H,32,33)/t24-/m0/s1. The number of benzene rings is 3. The Kier molecular flexibility index (Phi) is 5.99. The number of hydrogen-bond acceptors (Lipinski definition) is 4. The molecule has 0 saturated carbocycles. The molecule has 0 radical (unpaired) electrons. The molecule has 1 aliphatic heterocycles. The highest BCUT2D eigenvalue weighted by molar-refractivity contribution is 6.01. The Bertz CT molecular complexity index is 1270. The molecule has 1 atom stereocenters. The Morgan fingerprint density at radius 3 is 2.31 bits per heavy atom. The van der Waals surface area contributed by atoms with Gasteiger partial charge in [-0.2, -0.15) is 0 Å². The van der Waals surface area contributed by atoms with Crippen LogP contribution in [0.25, 0.3) is 11.1 Å². The summed E-state index contributed by atoms with van der Waals surface area (Å²) in [5.41, 5.74) is 6.15. The van der Waals surface area contributed by atoms with Crippen LogP contribution in [0.5, 0.6) is 0 Å². The van der Waals surface area contributed by atoms with Crippen molar-refractivity contribution in [3.8, 4) is 11.1 Å². The predicted molar refractivity (Wildman–Crippen MR) is 132 cm³/mol. The third-order valence-corrected chi connectivity index (χ3v) is 6.84. The number of nitrogens with one attached hydrogen (secondary N) is 1. The monoisotopic (exact) mass is 470 g/mol. The second-order valence-electron chi connectivity index (χ2n) is 8.82. The maximum absolute atomic E-state index is 13.3. The summed E-state index contributed by atoms with van der Waals surface area (Å²) in [6, 6.07) is 20.2. The fourth-order valence-electron chi connectivity index (χ4n) is 5.05. The van der Waals surface area contributed by atoms with Gasteiger partial charge in [0.15, 0.2) is 0 Å². The van der Waals surface area contributed by atoms with Gasteiger partial charge in [-0.05, 0) is 52.8 Å². The zero-order valence-corrected chi connectivity index (χ0v) is 19.4. The molecule has 7 nitrogen and oxygen atoms in total. The molecule has 0 fully saturated rings. The summed E-state index contributed by atoms with van der Waals surface area (Å²) in [7, 11) is 0. The van der Waals surface area contributed by atoms with Crippen molar-refractivity contribution in [1.82, 2.24) is 5.32 Å². The minimum atomic E-state index is -1.05. The van der Waals surface area contributed by atoms with Crippen LogP contribution in [-0.2, 0) is 16.0 Å². The number of carbonyl (C=O) groups excluding carboxylic acids is 2. The molecule has 0 saturated heterocycles. The van der Waals surface area contributed by atoms with E-state index in [1.807, 2.05) is 31.2 Å². The van der Waals surface area contributed by atoms with Crippen molar-refractivity contribution in [3.63, 3.8) is 0 Å². The first-order chi connectivity index (χ1) is 17.0. The lowest BCUT2D eigenvalue weighted by atomic mass is 9.98. The summed E-state index contributed by atoms with van der Waals surface area (Å²) in [5, 5.41) is 12.0. The second kappa shape index (κ2) is 9.25. The van der Waals surface area contributed by atoms with Gasteiger partial charge < -0.3 is 20.1 Å². The van der Waals surface area contributed by atoms with E-state index in [9.17, 15) is 19.5 Å². The molecule has 2 amide bonds. The molecule has 3 aromatic rings. The van der Waals surface area contributed by atoms with Gasteiger partial charge in [-0.3, -0.25) is 4.79 Å². The Labute approximate surface area is 203 Å². The van der Waals surface area contributed by atoms with Gasteiger partial charge in [0.25, 0.3) is 0 Å². The van der Waals surface area contributed by atoms with Crippen molar-refractivity contribution >= 4 is 23.7 Å². The van der Waals surface area contributed by atoms with E-state index in [1.54, 1.807) is 17.0 Å². The van der Waals surface area contributed by atoms with Gasteiger partial charge in [-0.1, -0.05) is 61.5 Å². The van der Waals surface area contributed by atoms with Crippen molar-refractivity contribution < 1.29 is 24.2 Å². The van der Waals surface area contributed by atoms with Crippen molar-refractivity contribution in [2.45, 2.75) is 31.7 Å². The number of ether oxygens (including phenoxy) is 1. The van der Waals surface area contributed by atoms with Crippen molar-refractivity contribution in [2.24, 2.45) is 0 Å². The van der Waals surface area contributed by atoms with E-state index in [0.29, 0.717) is 25.1 Å². The van der Waals surface area contributed by atoms with Crippen molar-refractivity contribution in [1.29, 1.82) is 0 Å². The number of carboxylic acid groups (broad SMARTS) is 1. The largest absolute Gasteiger partial charge is 0.478 e.